The van der Waals surface area contributed by atoms with Gasteiger partial charge < -0.3 is 5.11 Å². The van der Waals surface area contributed by atoms with Crippen molar-refractivity contribution < 1.29 is 9.90 Å². The van der Waals surface area contributed by atoms with Crippen LogP contribution in [0.2, 0.25) is 0 Å². The maximum absolute atomic E-state index is 10.8. The van der Waals surface area contributed by atoms with Gasteiger partial charge in [-0.3, -0.25) is 4.79 Å². The molecule has 0 saturated carbocycles. The minimum Gasteiger partial charge on any atom is -0.481 e. The predicted octanol–water partition coefficient (Wildman–Crippen LogP) is 1.85. The first-order valence-electron chi connectivity index (χ1n) is 5.92. The molecule has 18 heavy (non-hydrogen) atoms. The van der Waals surface area contributed by atoms with Crippen LogP contribution in [-0.2, 0) is 17.6 Å². The molecule has 0 fully saturated rings. The van der Waals surface area contributed by atoms with Crippen LogP contribution in [0.15, 0.2) is 30.5 Å². The van der Waals surface area contributed by atoms with Crippen LogP contribution >= 0.6 is 0 Å². The summed E-state index contributed by atoms with van der Waals surface area (Å²) in [5, 5.41) is 16.6. The first kappa shape index (κ1) is 12.3. The summed E-state index contributed by atoms with van der Waals surface area (Å²) in [6.45, 7) is 2.11. The summed E-state index contributed by atoms with van der Waals surface area (Å²) in [6, 6.07) is 7.86. The van der Waals surface area contributed by atoms with E-state index in [9.17, 15) is 4.79 Å². The van der Waals surface area contributed by atoms with Crippen molar-refractivity contribution in [1.29, 1.82) is 0 Å². The van der Waals surface area contributed by atoms with Gasteiger partial charge in [-0.2, -0.15) is 0 Å². The summed E-state index contributed by atoms with van der Waals surface area (Å²) in [5.74, 6) is -0.883. The molecule has 0 aliphatic carbocycles. The lowest BCUT2D eigenvalue weighted by Gasteiger charge is -2.10. The Labute approximate surface area is 105 Å². The number of aliphatic carboxylic acids is 1. The van der Waals surface area contributed by atoms with Gasteiger partial charge in [0.05, 0.1) is 24.0 Å². The molecule has 1 aromatic heterocycles. The molecule has 0 radical (unpaired) electrons. The molecule has 2 rings (SSSR count). The molecule has 0 unspecified atom stereocenters. The van der Waals surface area contributed by atoms with Gasteiger partial charge in [0.15, 0.2) is 0 Å². The Balaban J connectivity index is 2.42. The number of benzene rings is 1. The van der Waals surface area contributed by atoms with E-state index in [0.717, 1.165) is 24.1 Å². The monoisotopic (exact) mass is 245 g/mol. The standard InChI is InChI=1S/C13H15N3O2/c1-2-5-10-6-3-4-7-12(10)16-11(8-13(17)18)9-14-15-16/h3-4,6-7,9H,2,5,8H2,1H3,(H,17,18). The number of aryl methyl sites for hydroxylation is 1. The van der Waals surface area contributed by atoms with E-state index in [0.29, 0.717) is 5.69 Å². The minimum atomic E-state index is -0.883. The lowest BCUT2D eigenvalue weighted by atomic mass is 10.1. The third-order valence-corrected chi connectivity index (χ3v) is 2.69. The first-order chi connectivity index (χ1) is 8.72. The smallest absolute Gasteiger partial charge is 0.309 e. The average Bonchev–Trinajstić information content (AvgIpc) is 2.77. The van der Waals surface area contributed by atoms with Gasteiger partial charge in [-0.15, -0.1) is 5.10 Å². The molecule has 1 N–H and O–H groups in total. The van der Waals surface area contributed by atoms with E-state index >= 15 is 0 Å². The van der Waals surface area contributed by atoms with Gasteiger partial charge in [0.2, 0.25) is 0 Å². The molecule has 2 aromatic rings. The average molecular weight is 245 g/mol. The molecule has 5 heteroatoms. The highest BCUT2D eigenvalue weighted by atomic mass is 16.4. The fraction of sp³-hybridized carbons (Fsp3) is 0.308. The van der Waals surface area contributed by atoms with Crippen LogP contribution in [0.4, 0.5) is 0 Å². The highest BCUT2D eigenvalue weighted by Crippen LogP contribution is 2.17. The topological polar surface area (TPSA) is 68.0 Å². The Morgan fingerprint density at radius 3 is 2.89 bits per heavy atom. The number of nitrogens with zero attached hydrogens (tertiary/aromatic N) is 3. The van der Waals surface area contributed by atoms with Gasteiger partial charge in [0, 0.05) is 0 Å². The third-order valence-electron chi connectivity index (χ3n) is 2.69. The molecule has 0 spiro atoms. The van der Waals surface area contributed by atoms with Crippen LogP contribution in [0.3, 0.4) is 0 Å². The zero-order valence-corrected chi connectivity index (χ0v) is 10.2. The van der Waals surface area contributed by atoms with Crippen molar-refractivity contribution in [3.63, 3.8) is 0 Å². The van der Waals surface area contributed by atoms with Gasteiger partial charge in [-0.1, -0.05) is 36.8 Å². The molecule has 1 aromatic carbocycles. The summed E-state index contributed by atoms with van der Waals surface area (Å²) < 4.78 is 1.61. The van der Waals surface area contributed by atoms with Gasteiger partial charge >= 0.3 is 5.97 Å². The Kier molecular flexibility index (Phi) is 3.72. The van der Waals surface area contributed by atoms with Crippen LogP contribution in [0.25, 0.3) is 5.69 Å². The summed E-state index contributed by atoms with van der Waals surface area (Å²) in [7, 11) is 0. The molecular formula is C13H15N3O2. The van der Waals surface area contributed by atoms with Crippen molar-refractivity contribution in [2.45, 2.75) is 26.2 Å². The van der Waals surface area contributed by atoms with E-state index in [-0.39, 0.29) is 6.42 Å². The van der Waals surface area contributed by atoms with Crippen LogP contribution in [0.5, 0.6) is 0 Å². The first-order valence-corrected chi connectivity index (χ1v) is 5.92. The van der Waals surface area contributed by atoms with Crippen molar-refractivity contribution >= 4 is 5.97 Å². The molecule has 5 nitrogen and oxygen atoms in total. The third kappa shape index (κ3) is 2.56. The van der Waals surface area contributed by atoms with Gasteiger partial charge in [-0.25, -0.2) is 4.68 Å². The fourth-order valence-electron chi connectivity index (χ4n) is 1.93. The minimum absolute atomic E-state index is 0.0759. The van der Waals surface area contributed by atoms with E-state index in [1.165, 1.54) is 6.20 Å². The molecule has 0 aliphatic heterocycles. The number of carbonyl (C=O) groups is 1. The number of carboxylic acids is 1. The molecule has 0 saturated heterocycles. The van der Waals surface area contributed by atoms with Crippen molar-refractivity contribution in [3.8, 4) is 5.69 Å². The second-order valence-corrected chi connectivity index (χ2v) is 4.09. The predicted molar refractivity (Wildman–Crippen MR) is 66.7 cm³/mol. The van der Waals surface area contributed by atoms with E-state index in [4.69, 9.17) is 5.11 Å². The van der Waals surface area contributed by atoms with Crippen molar-refractivity contribution in [1.82, 2.24) is 15.0 Å². The van der Waals surface area contributed by atoms with Crippen molar-refractivity contribution in [3.05, 3.63) is 41.7 Å². The molecule has 0 aliphatic rings. The number of hydrogen-bond acceptors (Lipinski definition) is 3. The Hall–Kier alpha value is -2.17. The van der Waals surface area contributed by atoms with Crippen LogP contribution in [-0.4, -0.2) is 26.1 Å². The van der Waals surface area contributed by atoms with Crippen molar-refractivity contribution in [2.75, 3.05) is 0 Å². The van der Waals surface area contributed by atoms with E-state index in [2.05, 4.69) is 17.2 Å². The molecule has 0 bridgehead atoms. The van der Waals surface area contributed by atoms with Gasteiger partial charge in [0.1, 0.15) is 0 Å². The van der Waals surface area contributed by atoms with E-state index in [1.807, 2.05) is 24.3 Å². The fourth-order valence-corrected chi connectivity index (χ4v) is 1.93. The molecule has 94 valence electrons. The number of para-hydroxylation sites is 1. The van der Waals surface area contributed by atoms with Crippen LogP contribution < -0.4 is 0 Å². The lowest BCUT2D eigenvalue weighted by molar-refractivity contribution is -0.136. The van der Waals surface area contributed by atoms with Gasteiger partial charge in [-0.05, 0) is 18.1 Å². The number of carboxylic acid groups (broad SMARTS) is 1. The molecule has 1 heterocycles. The lowest BCUT2D eigenvalue weighted by Crippen LogP contribution is -2.09. The van der Waals surface area contributed by atoms with Crippen LogP contribution in [0.1, 0.15) is 24.6 Å². The largest absolute Gasteiger partial charge is 0.481 e. The van der Waals surface area contributed by atoms with Crippen molar-refractivity contribution in [2.24, 2.45) is 0 Å². The molecular weight excluding hydrogens is 230 g/mol. The summed E-state index contributed by atoms with van der Waals surface area (Å²) in [4.78, 5) is 10.8. The quantitative estimate of drug-likeness (QED) is 0.872. The Morgan fingerprint density at radius 1 is 1.39 bits per heavy atom. The number of hydrogen-bond donors (Lipinski definition) is 1. The van der Waals surface area contributed by atoms with Crippen LogP contribution in [0, 0.1) is 0 Å². The maximum Gasteiger partial charge on any atom is 0.309 e. The summed E-state index contributed by atoms with van der Waals surface area (Å²) in [6.07, 6.45) is 3.38. The van der Waals surface area contributed by atoms with E-state index in [1.54, 1.807) is 4.68 Å². The second kappa shape index (κ2) is 5.44. The zero-order valence-electron chi connectivity index (χ0n) is 10.2. The Bertz CT molecular complexity index is 549. The molecule has 0 atom stereocenters. The van der Waals surface area contributed by atoms with E-state index < -0.39 is 5.97 Å². The Morgan fingerprint density at radius 2 is 2.17 bits per heavy atom. The number of rotatable bonds is 5. The highest BCUT2D eigenvalue weighted by Gasteiger charge is 2.12. The SMILES string of the molecule is CCCc1ccccc1-n1nncc1CC(=O)O. The molecule has 0 amide bonds. The zero-order chi connectivity index (χ0) is 13.0. The summed E-state index contributed by atoms with van der Waals surface area (Å²) >= 11 is 0. The van der Waals surface area contributed by atoms with Gasteiger partial charge in [0.25, 0.3) is 0 Å². The highest BCUT2D eigenvalue weighted by molar-refractivity contribution is 5.69. The number of aromatic nitrogens is 3. The summed E-state index contributed by atoms with van der Waals surface area (Å²) in [5.41, 5.74) is 2.65. The maximum atomic E-state index is 10.8. The second-order valence-electron chi connectivity index (χ2n) is 4.09. The normalized spacial score (nSPS) is 10.5.